The zero-order valence-corrected chi connectivity index (χ0v) is 31.4. The van der Waals surface area contributed by atoms with Gasteiger partial charge in [0.05, 0.1) is 25.4 Å². The van der Waals surface area contributed by atoms with Gasteiger partial charge in [0, 0.05) is 6.42 Å². The molecule has 50 heavy (non-hydrogen) atoms. The van der Waals surface area contributed by atoms with E-state index in [0.29, 0.717) is 6.42 Å². The van der Waals surface area contributed by atoms with E-state index in [1.54, 1.807) is 6.08 Å². The van der Waals surface area contributed by atoms with Crippen molar-refractivity contribution in [1.82, 2.24) is 5.32 Å². The van der Waals surface area contributed by atoms with Crippen molar-refractivity contribution >= 4 is 5.91 Å². The smallest absolute Gasteiger partial charge is 0.220 e. The summed E-state index contributed by atoms with van der Waals surface area (Å²) in [5.41, 5.74) is 0. The van der Waals surface area contributed by atoms with Gasteiger partial charge < -0.3 is 40.3 Å². The van der Waals surface area contributed by atoms with Gasteiger partial charge in [-0.1, -0.05) is 133 Å². The summed E-state index contributed by atoms with van der Waals surface area (Å²) in [6.45, 7) is 3.64. The van der Waals surface area contributed by atoms with E-state index in [0.717, 1.165) is 70.6 Å². The lowest BCUT2D eigenvalue weighted by Gasteiger charge is -2.40. The number of carbonyl (C=O) groups excluding carboxylic acids is 1. The average Bonchev–Trinajstić information content (AvgIpc) is 3.11. The molecule has 0 aromatic heterocycles. The van der Waals surface area contributed by atoms with Gasteiger partial charge in [0.2, 0.25) is 5.91 Å². The van der Waals surface area contributed by atoms with E-state index in [-0.39, 0.29) is 12.5 Å². The molecule has 290 valence electrons. The summed E-state index contributed by atoms with van der Waals surface area (Å²) >= 11 is 0. The van der Waals surface area contributed by atoms with Crippen molar-refractivity contribution in [3.63, 3.8) is 0 Å². The minimum absolute atomic E-state index is 0.206. The first kappa shape index (κ1) is 46.2. The number of aliphatic hydroxyl groups is 5. The molecule has 7 unspecified atom stereocenters. The molecule has 9 nitrogen and oxygen atoms in total. The molecule has 1 amide bonds. The molecule has 1 aliphatic heterocycles. The van der Waals surface area contributed by atoms with E-state index in [1.807, 2.05) is 6.08 Å². The molecule has 7 atom stereocenters. The third-order valence-electron chi connectivity index (χ3n) is 9.11. The second-order valence-electron chi connectivity index (χ2n) is 13.7. The number of hydrogen-bond donors (Lipinski definition) is 6. The first-order chi connectivity index (χ1) is 24.3. The topological polar surface area (TPSA) is 149 Å². The van der Waals surface area contributed by atoms with Crippen molar-refractivity contribution in [1.29, 1.82) is 0 Å². The Bertz CT molecular complexity index is 920. The number of amides is 1. The van der Waals surface area contributed by atoms with Crippen molar-refractivity contribution in [2.24, 2.45) is 0 Å². The molecule has 0 saturated carbocycles. The van der Waals surface area contributed by atoms with Gasteiger partial charge in [-0.15, -0.1) is 0 Å². The Balaban J connectivity index is 2.49. The van der Waals surface area contributed by atoms with Gasteiger partial charge >= 0.3 is 0 Å². The first-order valence-corrected chi connectivity index (χ1v) is 19.9. The first-order valence-electron chi connectivity index (χ1n) is 19.9. The molecule has 6 N–H and O–H groups in total. The Hall–Kier alpha value is -1.85. The Labute approximate surface area is 303 Å². The number of aliphatic hydroxyl groups excluding tert-OH is 5. The Morgan fingerprint density at radius 1 is 0.680 bits per heavy atom. The van der Waals surface area contributed by atoms with Crippen LogP contribution in [0.3, 0.4) is 0 Å². The van der Waals surface area contributed by atoms with Gasteiger partial charge in [-0.3, -0.25) is 4.79 Å². The number of allylic oxidation sites excluding steroid dienone is 7. The summed E-state index contributed by atoms with van der Waals surface area (Å²) in [7, 11) is 0. The molecule has 0 radical (unpaired) electrons. The van der Waals surface area contributed by atoms with E-state index in [4.69, 9.17) is 9.47 Å². The van der Waals surface area contributed by atoms with Crippen molar-refractivity contribution in [3.05, 3.63) is 48.6 Å². The molecule has 1 rings (SSSR count). The third-order valence-corrected chi connectivity index (χ3v) is 9.11. The van der Waals surface area contributed by atoms with Gasteiger partial charge in [0.15, 0.2) is 6.29 Å². The highest BCUT2D eigenvalue weighted by Crippen LogP contribution is 2.22. The molecular weight excluding hydrogens is 634 g/mol. The Morgan fingerprint density at radius 3 is 1.88 bits per heavy atom. The number of rotatable bonds is 31. The van der Waals surface area contributed by atoms with Crippen molar-refractivity contribution < 1.29 is 39.8 Å². The monoisotopic (exact) mass is 708 g/mol. The van der Waals surface area contributed by atoms with Gasteiger partial charge in [-0.05, 0) is 57.8 Å². The van der Waals surface area contributed by atoms with Crippen LogP contribution in [0.2, 0.25) is 0 Å². The lowest BCUT2D eigenvalue weighted by atomic mass is 9.99. The van der Waals surface area contributed by atoms with Crippen LogP contribution in [0.15, 0.2) is 48.6 Å². The average molecular weight is 708 g/mol. The normalized spacial score (nSPS) is 22.7. The summed E-state index contributed by atoms with van der Waals surface area (Å²) in [5.74, 6) is -0.206. The summed E-state index contributed by atoms with van der Waals surface area (Å²) in [5, 5.41) is 53.9. The highest BCUT2D eigenvalue weighted by molar-refractivity contribution is 5.76. The summed E-state index contributed by atoms with van der Waals surface area (Å²) < 4.78 is 11.1. The van der Waals surface area contributed by atoms with E-state index in [9.17, 15) is 30.3 Å². The zero-order valence-electron chi connectivity index (χ0n) is 31.4. The van der Waals surface area contributed by atoms with Gasteiger partial charge in [0.1, 0.15) is 24.4 Å². The summed E-state index contributed by atoms with van der Waals surface area (Å²) in [4.78, 5) is 12.9. The summed E-state index contributed by atoms with van der Waals surface area (Å²) in [6, 6.07) is -0.827. The van der Waals surface area contributed by atoms with Crippen LogP contribution in [0.5, 0.6) is 0 Å². The fraction of sp³-hybridized carbons (Fsp3) is 0.780. The Morgan fingerprint density at radius 2 is 1.24 bits per heavy atom. The van der Waals surface area contributed by atoms with E-state index >= 15 is 0 Å². The number of nitrogens with one attached hydrogen (secondary N) is 1. The van der Waals surface area contributed by atoms with Crippen molar-refractivity contribution in [2.45, 2.75) is 192 Å². The zero-order chi connectivity index (χ0) is 36.7. The Kier molecular flexibility index (Phi) is 29.4. The van der Waals surface area contributed by atoms with E-state index < -0.39 is 49.5 Å². The van der Waals surface area contributed by atoms with Crippen LogP contribution in [-0.2, 0) is 14.3 Å². The third kappa shape index (κ3) is 22.9. The van der Waals surface area contributed by atoms with Crippen LogP contribution in [-0.4, -0.2) is 87.5 Å². The van der Waals surface area contributed by atoms with Crippen molar-refractivity contribution in [3.8, 4) is 0 Å². The summed E-state index contributed by atoms with van der Waals surface area (Å²) in [6.07, 6.45) is 31.5. The standard InChI is InChI=1S/C41H73NO8/c1-3-5-7-9-11-13-15-17-19-20-22-24-26-28-30-35(44)34(33-49-41-40(48)39(47)38(46)36(32-43)50-41)42-37(45)31-29-27-25-23-21-18-16-14-12-10-8-6-4-2/h8,10,14,16,20,22,28,30,34-36,38-41,43-44,46-48H,3-7,9,11-13,15,17-19,21,23-27,29,31-33H2,1-2H3,(H,42,45)/b10-8-,16-14-,22-20+,30-28+. The number of unbranched alkanes of at least 4 members (excludes halogenated alkanes) is 15. The molecule has 1 aliphatic rings. The van der Waals surface area contributed by atoms with Crippen molar-refractivity contribution in [2.75, 3.05) is 13.2 Å². The lowest BCUT2D eigenvalue weighted by molar-refractivity contribution is -0.302. The van der Waals surface area contributed by atoms with Crippen LogP contribution in [0.25, 0.3) is 0 Å². The molecule has 0 bridgehead atoms. The largest absolute Gasteiger partial charge is 0.394 e. The minimum atomic E-state index is -1.57. The number of hydrogen-bond acceptors (Lipinski definition) is 8. The highest BCUT2D eigenvalue weighted by Gasteiger charge is 2.44. The molecule has 1 heterocycles. The maximum atomic E-state index is 12.9. The molecule has 0 aromatic carbocycles. The molecule has 9 heteroatoms. The number of carbonyl (C=O) groups is 1. The van der Waals surface area contributed by atoms with Gasteiger partial charge in [0.25, 0.3) is 0 Å². The molecule has 1 fully saturated rings. The van der Waals surface area contributed by atoms with Crippen LogP contribution in [0.1, 0.15) is 149 Å². The lowest BCUT2D eigenvalue weighted by Crippen LogP contribution is -2.60. The predicted molar refractivity (Wildman–Crippen MR) is 203 cm³/mol. The van der Waals surface area contributed by atoms with Crippen LogP contribution in [0, 0.1) is 0 Å². The van der Waals surface area contributed by atoms with E-state index in [2.05, 4.69) is 55.6 Å². The predicted octanol–water partition coefficient (Wildman–Crippen LogP) is 7.11. The molecular formula is C41H73NO8. The molecule has 0 aliphatic carbocycles. The fourth-order valence-corrected chi connectivity index (χ4v) is 5.85. The van der Waals surface area contributed by atoms with Gasteiger partial charge in [-0.25, -0.2) is 0 Å². The maximum Gasteiger partial charge on any atom is 0.220 e. The second kappa shape index (κ2) is 31.9. The van der Waals surface area contributed by atoms with Gasteiger partial charge in [-0.2, -0.15) is 0 Å². The van der Waals surface area contributed by atoms with E-state index in [1.165, 1.54) is 57.8 Å². The van der Waals surface area contributed by atoms with Crippen LogP contribution in [0.4, 0.5) is 0 Å². The second-order valence-corrected chi connectivity index (χ2v) is 13.7. The fourth-order valence-electron chi connectivity index (χ4n) is 5.85. The molecule has 0 aromatic rings. The minimum Gasteiger partial charge on any atom is -0.394 e. The SMILES string of the molecule is CCC/C=C\C/C=C\CCCCCCCC(=O)NC(COC1OC(CO)C(O)C(O)C1O)C(O)/C=C/CC/C=C/CCCCCCCCCC. The molecule has 1 saturated heterocycles. The van der Waals surface area contributed by atoms with Crippen LogP contribution < -0.4 is 5.32 Å². The number of ether oxygens (including phenoxy) is 2. The molecule has 0 spiro atoms. The highest BCUT2D eigenvalue weighted by atomic mass is 16.7. The maximum absolute atomic E-state index is 12.9. The van der Waals surface area contributed by atoms with Crippen LogP contribution >= 0.6 is 0 Å². The quantitative estimate of drug-likeness (QED) is 0.0330.